The Morgan fingerprint density at radius 1 is 1.60 bits per heavy atom. The fraction of sp³-hybridized carbons (Fsp3) is 0.333. The number of thioether (sulfide) groups is 1. The predicted octanol–water partition coefficient (Wildman–Crippen LogP) is 1.20. The van der Waals surface area contributed by atoms with Gasteiger partial charge in [-0.05, 0) is 12.1 Å². The molecule has 8 heteroatoms. The van der Waals surface area contributed by atoms with Crippen molar-refractivity contribution in [3.8, 4) is 17.7 Å². The Hall–Kier alpha value is -2.27. The normalized spacial score (nSPS) is 10.2. The van der Waals surface area contributed by atoms with E-state index < -0.39 is 0 Å². The molecule has 0 fully saturated rings. The molecule has 0 saturated carbocycles. The topological polar surface area (TPSA) is 96.7 Å². The van der Waals surface area contributed by atoms with Crippen molar-refractivity contribution in [1.29, 1.82) is 5.26 Å². The molecule has 0 radical (unpaired) electrons. The molecule has 2 heterocycles. The second-order valence-electron chi connectivity index (χ2n) is 3.89. The Labute approximate surface area is 120 Å². The first kappa shape index (κ1) is 14.1. The van der Waals surface area contributed by atoms with Gasteiger partial charge < -0.3 is 14.3 Å². The van der Waals surface area contributed by atoms with Crippen molar-refractivity contribution < 1.29 is 9.21 Å². The van der Waals surface area contributed by atoms with E-state index in [1.165, 1.54) is 11.8 Å². The van der Waals surface area contributed by atoms with Gasteiger partial charge >= 0.3 is 0 Å². The summed E-state index contributed by atoms with van der Waals surface area (Å²) in [6.45, 7) is 0.367. The molecule has 0 aliphatic heterocycles. The summed E-state index contributed by atoms with van der Waals surface area (Å²) >= 11 is 1.28. The predicted molar refractivity (Wildman–Crippen MR) is 72.7 cm³/mol. The first-order chi connectivity index (χ1) is 9.72. The van der Waals surface area contributed by atoms with Crippen molar-refractivity contribution >= 4 is 17.7 Å². The van der Waals surface area contributed by atoms with Crippen molar-refractivity contribution in [3.05, 3.63) is 18.4 Å². The minimum atomic E-state index is -0.132. The first-order valence-electron chi connectivity index (χ1n) is 5.92. The van der Waals surface area contributed by atoms with E-state index >= 15 is 0 Å². The Balaban J connectivity index is 1.91. The van der Waals surface area contributed by atoms with Crippen molar-refractivity contribution in [1.82, 2.24) is 20.1 Å². The first-order valence-corrected chi connectivity index (χ1v) is 6.90. The molecule has 1 amide bonds. The lowest BCUT2D eigenvalue weighted by Crippen LogP contribution is -2.26. The minimum Gasteiger partial charge on any atom is -0.461 e. The van der Waals surface area contributed by atoms with Gasteiger partial charge in [0.15, 0.2) is 16.7 Å². The maximum absolute atomic E-state index is 11.5. The lowest BCUT2D eigenvalue weighted by atomic mass is 10.4. The standard InChI is InChI=1S/C12H13N5O2S/c1-17-11(9-4-2-7-19-9)15-16-12(17)20-8-10(18)14-6-3-5-13/h2,4,7H,3,6,8H2,1H3,(H,14,18). The van der Waals surface area contributed by atoms with E-state index in [0.29, 0.717) is 29.7 Å². The zero-order valence-corrected chi connectivity index (χ0v) is 11.7. The number of carbonyl (C=O) groups is 1. The van der Waals surface area contributed by atoms with Gasteiger partial charge in [-0.15, -0.1) is 10.2 Å². The molecule has 1 N–H and O–H groups in total. The number of nitrogens with zero attached hydrogens (tertiary/aromatic N) is 4. The molecule has 0 bridgehead atoms. The maximum atomic E-state index is 11.5. The Morgan fingerprint density at radius 3 is 3.15 bits per heavy atom. The largest absolute Gasteiger partial charge is 0.461 e. The fourth-order valence-corrected chi connectivity index (χ4v) is 2.24. The molecule has 0 spiro atoms. The van der Waals surface area contributed by atoms with E-state index in [0.717, 1.165) is 0 Å². The quantitative estimate of drug-likeness (QED) is 0.634. The van der Waals surface area contributed by atoms with Crippen molar-refractivity contribution in [2.45, 2.75) is 11.6 Å². The molecule has 2 aromatic heterocycles. The van der Waals surface area contributed by atoms with Crippen LogP contribution in [0.3, 0.4) is 0 Å². The molecule has 2 rings (SSSR count). The van der Waals surface area contributed by atoms with Crippen LogP contribution in [-0.2, 0) is 11.8 Å². The summed E-state index contributed by atoms with van der Waals surface area (Å²) in [5.74, 6) is 1.34. The molecule has 0 aliphatic rings. The number of furan rings is 1. The van der Waals surface area contributed by atoms with Crippen LogP contribution in [0.15, 0.2) is 28.0 Å². The average Bonchev–Trinajstić information content (AvgIpc) is 3.06. The zero-order chi connectivity index (χ0) is 14.4. The lowest BCUT2D eigenvalue weighted by Gasteiger charge is -2.03. The average molecular weight is 291 g/mol. The molecule has 104 valence electrons. The molecular formula is C12H13N5O2S. The molecule has 0 unspecified atom stereocenters. The van der Waals surface area contributed by atoms with Crippen LogP contribution in [0.2, 0.25) is 0 Å². The zero-order valence-electron chi connectivity index (χ0n) is 10.9. The smallest absolute Gasteiger partial charge is 0.230 e. The molecule has 0 aliphatic carbocycles. The number of hydrogen-bond donors (Lipinski definition) is 1. The van der Waals surface area contributed by atoms with Gasteiger partial charge in [-0.3, -0.25) is 4.79 Å². The summed E-state index contributed by atoms with van der Waals surface area (Å²) < 4.78 is 7.03. The summed E-state index contributed by atoms with van der Waals surface area (Å²) in [5.41, 5.74) is 0. The summed E-state index contributed by atoms with van der Waals surface area (Å²) in [6.07, 6.45) is 1.88. The number of nitriles is 1. The van der Waals surface area contributed by atoms with Crippen LogP contribution in [0.1, 0.15) is 6.42 Å². The van der Waals surface area contributed by atoms with Gasteiger partial charge in [0.2, 0.25) is 5.91 Å². The Kier molecular flexibility index (Phi) is 4.79. The van der Waals surface area contributed by atoms with Crippen LogP contribution < -0.4 is 5.32 Å². The third-order valence-corrected chi connectivity index (χ3v) is 3.49. The van der Waals surface area contributed by atoms with E-state index in [1.807, 2.05) is 13.1 Å². The summed E-state index contributed by atoms with van der Waals surface area (Å²) in [4.78, 5) is 11.5. The minimum absolute atomic E-state index is 0.132. The van der Waals surface area contributed by atoms with Crippen molar-refractivity contribution in [3.63, 3.8) is 0 Å². The highest BCUT2D eigenvalue weighted by atomic mass is 32.2. The molecule has 0 saturated heterocycles. The molecule has 0 aromatic carbocycles. The third kappa shape index (κ3) is 3.39. The number of aromatic nitrogens is 3. The van der Waals surface area contributed by atoms with E-state index in [4.69, 9.17) is 9.68 Å². The van der Waals surface area contributed by atoms with Gasteiger partial charge in [0.1, 0.15) is 0 Å². The van der Waals surface area contributed by atoms with Crippen LogP contribution in [0.25, 0.3) is 11.6 Å². The fourth-order valence-electron chi connectivity index (χ4n) is 1.50. The van der Waals surface area contributed by atoms with E-state index in [2.05, 4.69) is 15.5 Å². The second kappa shape index (κ2) is 6.77. The highest BCUT2D eigenvalue weighted by Gasteiger charge is 2.14. The SMILES string of the molecule is Cn1c(SCC(=O)NCCC#N)nnc1-c1ccco1. The van der Waals surface area contributed by atoms with Crippen LogP contribution in [0.4, 0.5) is 0 Å². The lowest BCUT2D eigenvalue weighted by molar-refractivity contribution is -0.118. The number of hydrogen-bond acceptors (Lipinski definition) is 6. The third-order valence-electron chi connectivity index (χ3n) is 2.47. The molecule has 2 aromatic rings. The van der Waals surface area contributed by atoms with Gasteiger partial charge in [-0.2, -0.15) is 5.26 Å². The van der Waals surface area contributed by atoms with Crippen LogP contribution in [0, 0.1) is 11.3 Å². The van der Waals surface area contributed by atoms with Gasteiger partial charge in [0, 0.05) is 13.6 Å². The number of rotatable bonds is 6. The van der Waals surface area contributed by atoms with Crippen molar-refractivity contribution in [2.24, 2.45) is 7.05 Å². The highest BCUT2D eigenvalue weighted by molar-refractivity contribution is 7.99. The van der Waals surface area contributed by atoms with E-state index in [1.54, 1.807) is 23.0 Å². The Bertz CT molecular complexity index is 614. The summed E-state index contributed by atoms with van der Waals surface area (Å²) in [5, 5.41) is 19.7. The van der Waals surface area contributed by atoms with Gasteiger partial charge in [-0.25, -0.2) is 0 Å². The summed E-state index contributed by atoms with van der Waals surface area (Å²) in [6, 6.07) is 5.54. The summed E-state index contributed by atoms with van der Waals surface area (Å²) in [7, 11) is 1.81. The Morgan fingerprint density at radius 2 is 2.45 bits per heavy atom. The molecule has 0 atom stereocenters. The van der Waals surface area contributed by atoms with Gasteiger partial charge in [0.25, 0.3) is 0 Å². The number of carbonyl (C=O) groups excluding carboxylic acids is 1. The monoisotopic (exact) mass is 291 g/mol. The van der Waals surface area contributed by atoms with Crippen LogP contribution >= 0.6 is 11.8 Å². The molecular weight excluding hydrogens is 278 g/mol. The second-order valence-corrected chi connectivity index (χ2v) is 4.83. The molecule has 7 nitrogen and oxygen atoms in total. The number of amides is 1. The van der Waals surface area contributed by atoms with Crippen LogP contribution in [0.5, 0.6) is 0 Å². The van der Waals surface area contributed by atoms with E-state index in [9.17, 15) is 4.79 Å². The van der Waals surface area contributed by atoms with Crippen molar-refractivity contribution in [2.75, 3.05) is 12.3 Å². The highest BCUT2D eigenvalue weighted by Crippen LogP contribution is 2.22. The number of nitrogens with one attached hydrogen (secondary N) is 1. The molecule has 20 heavy (non-hydrogen) atoms. The van der Waals surface area contributed by atoms with Gasteiger partial charge in [0.05, 0.1) is 24.5 Å². The van der Waals surface area contributed by atoms with Crippen LogP contribution in [-0.4, -0.2) is 33.0 Å². The van der Waals surface area contributed by atoms with E-state index in [-0.39, 0.29) is 11.7 Å². The van der Waals surface area contributed by atoms with Gasteiger partial charge in [-0.1, -0.05) is 11.8 Å². The maximum Gasteiger partial charge on any atom is 0.230 e.